The maximum atomic E-state index is 13.3. The molecule has 192 valence electrons. The Morgan fingerprint density at radius 3 is 2.11 bits per heavy atom. The molecule has 1 unspecified atom stereocenters. The number of carboxylic acids is 1. The van der Waals surface area contributed by atoms with Crippen molar-refractivity contribution in [3.8, 4) is 0 Å². The molecule has 3 aromatic rings. The molecule has 0 spiro atoms. The highest BCUT2D eigenvalue weighted by molar-refractivity contribution is 6.40. The van der Waals surface area contributed by atoms with Gasteiger partial charge in [0.1, 0.15) is 6.04 Å². The lowest BCUT2D eigenvalue weighted by Crippen LogP contribution is -2.49. The highest BCUT2D eigenvalue weighted by atomic mass is 35.5. The molecule has 0 aliphatic heterocycles. The number of hydrogen-bond donors (Lipinski definition) is 4. The van der Waals surface area contributed by atoms with E-state index in [2.05, 4.69) is 10.6 Å². The Balaban J connectivity index is 1.78. The van der Waals surface area contributed by atoms with Crippen molar-refractivity contribution in [3.05, 3.63) is 94.5 Å². The predicted octanol–water partition coefficient (Wildman–Crippen LogP) is 4.36. The molecular formula is C25H19ClF3N3O5. The van der Waals surface area contributed by atoms with Crippen molar-refractivity contribution in [1.29, 1.82) is 0 Å². The first-order chi connectivity index (χ1) is 17.4. The van der Waals surface area contributed by atoms with Crippen LogP contribution in [0.15, 0.2) is 72.8 Å². The molecule has 0 radical (unpaired) electrons. The average Bonchev–Trinajstić information content (AvgIpc) is 2.83. The zero-order valence-corrected chi connectivity index (χ0v) is 19.6. The molecule has 8 nitrogen and oxygen atoms in total. The van der Waals surface area contributed by atoms with Gasteiger partial charge in [-0.3, -0.25) is 14.4 Å². The normalized spacial score (nSPS) is 11.8. The zero-order valence-electron chi connectivity index (χ0n) is 18.8. The highest BCUT2D eigenvalue weighted by Gasteiger charge is 2.35. The van der Waals surface area contributed by atoms with Crippen LogP contribution in [0.25, 0.3) is 0 Å². The molecule has 3 rings (SSSR count). The van der Waals surface area contributed by atoms with Gasteiger partial charge in [0, 0.05) is 17.1 Å². The van der Waals surface area contributed by atoms with Crippen molar-refractivity contribution in [2.24, 2.45) is 0 Å². The number of benzene rings is 3. The maximum Gasteiger partial charge on any atom is 0.418 e. The molecule has 0 saturated heterocycles. The second-order valence-corrected chi connectivity index (χ2v) is 8.17. The summed E-state index contributed by atoms with van der Waals surface area (Å²) in [5.41, 5.74) is -1.09. The van der Waals surface area contributed by atoms with E-state index in [1.165, 1.54) is 24.3 Å². The second kappa shape index (κ2) is 11.6. The molecule has 12 heteroatoms. The second-order valence-electron chi connectivity index (χ2n) is 7.73. The summed E-state index contributed by atoms with van der Waals surface area (Å²) in [7, 11) is 0. The molecule has 0 aliphatic rings. The van der Waals surface area contributed by atoms with Crippen molar-refractivity contribution < 1.29 is 37.5 Å². The number of anilines is 2. The standard InChI is InChI=1S/C25H19ClF3N3O5/c26-16-8-11-18(25(27,28)29)19(13-16)31-22(34)23(35)32-20(12-14-4-2-1-3-5-14)21(33)30-17-9-6-15(7-10-17)24(36)37/h1-11,13,20H,12H2,(H,30,33)(H,31,34)(H,32,35)(H,36,37). The minimum Gasteiger partial charge on any atom is -0.478 e. The number of carboxylic acid groups (broad SMARTS) is 1. The van der Waals surface area contributed by atoms with Gasteiger partial charge in [0.25, 0.3) is 0 Å². The van der Waals surface area contributed by atoms with E-state index >= 15 is 0 Å². The third-order valence-corrected chi connectivity index (χ3v) is 5.28. The number of aromatic carboxylic acids is 1. The van der Waals surface area contributed by atoms with Crippen LogP contribution in [0.4, 0.5) is 24.5 Å². The van der Waals surface area contributed by atoms with Crippen LogP contribution < -0.4 is 16.0 Å². The Morgan fingerprint density at radius 1 is 0.865 bits per heavy atom. The molecule has 3 amide bonds. The molecule has 0 bridgehead atoms. The Hall–Kier alpha value is -4.38. The quantitative estimate of drug-likeness (QED) is 0.336. The van der Waals surface area contributed by atoms with Crippen LogP contribution in [-0.2, 0) is 27.0 Å². The van der Waals surface area contributed by atoms with Crippen LogP contribution in [0.5, 0.6) is 0 Å². The number of amides is 3. The summed E-state index contributed by atoms with van der Waals surface area (Å²) < 4.78 is 39.9. The molecule has 3 aromatic carbocycles. The van der Waals surface area contributed by atoms with Gasteiger partial charge in [-0.15, -0.1) is 0 Å². The van der Waals surface area contributed by atoms with Crippen LogP contribution in [0.3, 0.4) is 0 Å². The minimum atomic E-state index is -4.82. The van der Waals surface area contributed by atoms with Gasteiger partial charge in [0.05, 0.1) is 16.8 Å². The fourth-order valence-corrected chi connectivity index (χ4v) is 3.43. The number of alkyl halides is 3. The van der Waals surface area contributed by atoms with E-state index in [0.717, 1.165) is 12.1 Å². The van der Waals surface area contributed by atoms with Crippen molar-refractivity contribution in [1.82, 2.24) is 5.32 Å². The molecule has 0 aliphatic carbocycles. The van der Waals surface area contributed by atoms with E-state index in [4.69, 9.17) is 16.7 Å². The third kappa shape index (κ3) is 7.55. The SMILES string of the molecule is O=C(Nc1cc(Cl)ccc1C(F)(F)F)C(=O)NC(Cc1ccccc1)C(=O)Nc1ccc(C(=O)O)cc1. The summed E-state index contributed by atoms with van der Waals surface area (Å²) in [4.78, 5) is 49.0. The molecule has 37 heavy (non-hydrogen) atoms. The topological polar surface area (TPSA) is 125 Å². The van der Waals surface area contributed by atoms with Crippen LogP contribution in [0.1, 0.15) is 21.5 Å². The Kier molecular flexibility index (Phi) is 8.51. The van der Waals surface area contributed by atoms with E-state index in [9.17, 15) is 32.3 Å². The summed E-state index contributed by atoms with van der Waals surface area (Å²) in [6.07, 6.45) is -4.88. The van der Waals surface area contributed by atoms with E-state index < -0.39 is 47.2 Å². The van der Waals surface area contributed by atoms with E-state index in [0.29, 0.717) is 11.6 Å². The van der Waals surface area contributed by atoms with Gasteiger partial charge >= 0.3 is 24.0 Å². The van der Waals surface area contributed by atoms with E-state index in [1.54, 1.807) is 30.3 Å². The fourth-order valence-electron chi connectivity index (χ4n) is 3.25. The Bertz CT molecular complexity index is 1320. The van der Waals surface area contributed by atoms with Gasteiger partial charge in [0.15, 0.2) is 0 Å². The van der Waals surface area contributed by atoms with Gasteiger partial charge in [-0.05, 0) is 48.0 Å². The summed E-state index contributed by atoms with van der Waals surface area (Å²) in [5.74, 6) is -4.70. The number of nitrogens with one attached hydrogen (secondary N) is 3. The van der Waals surface area contributed by atoms with Crippen LogP contribution in [0, 0.1) is 0 Å². The Morgan fingerprint density at radius 2 is 1.51 bits per heavy atom. The van der Waals surface area contributed by atoms with Crippen LogP contribution >= 0.6 is 11.6 Å². The lowest BCUT2D eigenvalue weighted by molar-refractivity contribution is -0.138. The molecule has 1 atom stereocenters. The minimum absolute atomic E-state index is 0.0111. The lowest BCUT2D eigenvalue weighted by Gasteiger charge is -2.19. The zero-order chi connectivity index (χ0) is 27.2. The average molecular weight is 534 g/mol. The first kappa shape index (κ1) is 27.2. The maximum absolute atomic E-state index is 13.3. The van der Waals surface area contributed by atoms with Gasteiger partial charge in [-0.25, -0.2) is 4.79 Å². The van der Waals surface area contributed by atoms with Crippen LogP contribution in [0.2, 0.25) is 5.02 Å². The molecule has 4 N–H and O–H groups in total. The largest absolute Gasteiger partial charge is 0.478 e. The first-order valence-electron chi connectivity index (χ1n) is 10.6. The summed E-state index contributed by atoms with van der Waals surface area (Å²) in [6.45, 7) is 0. The number of carbonyl (C=O) groups is 4. The van der Waals surface area contributed by atoms with Crippen molar-refractivity contribution in [2.75, 3.05) is 10.6 Å². The van der Waals surface area contributed by atoms with Crippen LogP contribution in [-0.4, -0.2) is 34.8 Å². The number of rotatable bonds is 7. The third-order valence-electron chi connectivity index (χ3n) is 5.05. The van der Waals surface area contributed by atoms with Gasteiger partial charge in [0.2, 0.25) is 5.91 Å². The van der Waals surface area contributed by atoms with Gasteiger partial charge < -0.3 is 21.1 Å². The van der Waals surface area contributed by atoms with Crippen molar-refractivity contribution >= 4 is 46.7 Å². The van der Waals surface area contributed by atoms with E-state index in [1.807, 2.05) is 5.32 Å². The van der Waals surface area contributed by atoms with Gasteiger partial charge in [-0.2, -0.15) is 13.2 Å². The number of carbonyl (C=O) groups excluding carboxylic acids is 3. The summed E-state index contributed by atoms with van der Waals surface area (Å²) in [6, 6.07) is 14.9. The summed E-state index contributed by atoms with van der Waals surface area (Å²) in [5, 5.41) is 15.5. The Labute approximate surface area is 213 Å². The van der Waals surface area contributed by atoms with Gasteiger partial charge in [-0.1, -0.05) is 41.9 Å². The summed E-state index contributed by atoms with van der Waals surface area (Å²) >= 11 is 5.75. The number of halogens is 4. The highest BCUT2D eigenvalue weighted by Crippen LogP contribution is 2.36. The van der Waals surface area contributed by atoms with Crippen molar-refractivity contribution in [2.45, 2.75) is 18.6 Å². The monoisotopic (exact) mass is 533 g/mol. The van der Waals surface area contributed by atoms with Crippen molar-refractivity contribution in [3.63, 3.8) is 0 Å². The molecule has 0 fully saturated rings. The lowest BCUT2D eigenvalue weighted by atomic mass is 10.0. The first-order valence-corrected chi connectivity index (χ1v) is 11.0. The smallest absolute Gasteiger partial charge is 0.418 e. The van der Waals surface area contributed by atoms with E-state index in [-0.39, 0.29) is 22.7 Å². The number of hydrogen-bond acceptors (Lipinski definition) is 4. The molecular weight excluding hydrogens is 515 g/mol. The molecule has 0 heterocycles. The fraction of sp³-hybridized carbons (Fsp3) is 0.120. The molecule has 0 saturated carbocycles. The molecule has 0 aromatic heterocycles. The predicted molar refractivity (Wildman–Crippen MR) is 129 cm³/mol.